The molecule has 168 valence electrons. The van der Waals surface area contributed by atoms with Crippen LogP contribution < -0.4 is 4.90 Å². The van der Waals surface area contributed by atoms with Crippen molar-refractivity contribution < 1.29 is 13.2 Å². The summed E-state index contributed by atoms with van der Waals surface area (Å²) in [5.41, 5.74) is 1.13. The lowest BCUT2D eigenvalue weighted by molar-refractivity contribution is 0.0679. The van der Waals surface area contributed by atoms with Crippen LogP contribution in [0.1, 0.15) is 30.1 Å². The van der Waals surface area contributed by atoms with Crippen LogP contribution >= 0.6 is 11.6 Å². The highest BCUT2D eigenvalue weighted by Crippen LogP contribution is 2.26. The summed E-state index contributed by atoms with van der Waals surface area (Å²) >= 11 is 6.09. The number of amides is 1. The molecule has 2 aromatic rings. The van der Waals surface area contributed by atoms with Crippen LogP contribution in [0, 0.1) is 5.92 Å². The molecule has 2 saturated heterocycles. The normalized spacial score (nSPS) is 20.8. The molecule has 2 fully saturated rings. The highest BCUT2D eigenvalue weighted by Gasteiger charge is 2.36. The maximum Gasteiger partial charge on any atom is 0.263 e. The van der Waals surface area contributed by atoms with Gasteiger partial charge in [-0.3, -0.25) is 9.48 Å². The molecule has 0 spiro atoms. The van der Waals surface area contributed by atoms with Crippen LogP contribution in [-0.4, -0.2) is 72.6 Å². The Morgan fingerprint density at radius 3 is 2.58 bits per heavy atom. The second kappa shape index (κ2) is 8.80. The van der Waals surface area contributed by atoms with E-state index in [0.29, 0.717) is 50.2 Å². The number of carbonyl (C=O) groups excluding carboxylic acids is 1. The number of sulfonamides is 1. The van der Waals surface area contributed by atoms with Gasteiger partial charge in [0, 0.05) is 63.2 Å². The van der Waals surface area contributed by atoms with Crippen molar-refractivity contribution in [1.29, 1.82) is 0 Å². The first-order chi connectivity index (χ1) is 14.8. The van der Waals surface area contributed by atoms with E-state index in [1.807, 2.05) is 24.3 Å². The van der Waals surface area contributed by atoms with Gasteiger partial charge < -0.3 is 9.80 Å². The number of piperazine rings is 1. The summed E-state index contributed by atoms with van der Waals surface area (Å²) in [5, 5.41) is 4.69. The Kier molecular flexibility index (Phi) is 6.27. The third-order valence-electron chi connectivity index (χ3n) is 5.97. The number of benzene rings is 1. The zero-order valence-electron chi connectivity index (χ0n) is 17.9. The van der Waals surface area contributed by atoms with Gasteiger partial charge in [-0.25, -0.2) is 8.42 Å². The van der Waals surface area contributed by atoms with Crippen molar-refractivity contribution in [3.8, 4) is 0 Å². The van der Waals surface area contributed by atoms with Gasteiger partial charge in [-0.1, -0.05) is 24.6 Å². The molecule has 0 radical (unpaired) electrons. The molecule has 31 heavy (non-hydrogen) atoms. The quantitative estimate of drug-likeness (QED) is 0.693. The number of carbonyl (C=O) groups is 1. The van der Waals surface area contributed by atoms with Crippen molar-refractivity contribution >= 4 is 33.2 Å². The van der Waals surface area contributed by atoms with E-state index in [0.717, 1.165) is 18.5 Å². The number of nitrogens with zero attached hydrogens (tertiary/aromatic N) is 5. The molecule has 1 aromatic carbocycles. The standard InChI is InChI=1S/C21H28ClN5O3S/c1-16-5-4-8-26(14-16)21(28)19-15-24(2)23-20(19)31(29,30)27-11-9-25(10-12-27)18-7-3-6-17(22)13-18/h3,6-7,13,15-16H,4-5,8-12,14H2,1-2H3. The van der Waals surface area contributed by atoms with Crippen LogP contribution in [0.25, 0.3) is 0 Å². The number of aromatic nitrogens is 2. The first kappa shape index (κ1) is 22.1. The molecule has 4 rings (SSSR count). The molecule has 2 aliphatic heterocycles. The minimum absolute atomic E-state index is 0.144. The average Bonchev–Trinajstić information content (AvgIpc) is 3.16. The van der Waals surface area contributed by atoms with E-state index in [2.05, 4.69) is 16.9 Å². The van der Waals surface area contributed by atoms with Crippen molar-refractivity contribution in [1.82, 2.24) is 19.0 Å². The maximum atomic E-state index is 13.4. The molecular weight excluding hydrogens is 438 g/mol. The molecule has 1 unspecified atom stereocenters. The van der Waals surface area contributed by atoms with Gasteiger partial charge in [-0.05, 0) is 37.0 Å². The largest absolute Gasteiger partial charge is 0.369 e. The van der Waals surface area contributed by atoms with Gasteiger partial charge in [0.2, 0.25) is 5.03 Å². The van der Waals surface area contributed by atoms with E-state index in [-0.39, 0.29) is 16.5 Å². The van der Waals surface area contributed by atoms with E-state index >= 15 is 0 Å². The molecule has 0 N–H and O–H groups in total. The van der Waals surface area contributed by atoms with Gasteiger partial charge in [0.05, 0.1) is 5.56 Å². The Hall–Kier alpha value is -2.10. The molecule has 0 bridgehead atoms. The van der Waals surface area contributed by atoms with E-state index in [9.17, 15) is 13.2 Å². The van der Waals surface area contributed by atoms with Crippen molar-refractivity contribution in [3.63, 3.8) is 0 Å². The van der Waals surface area contributed by atoms with Gasteiger partial charge in [-0.15, -0.1) is 0 Å². The SMILES string of the molecule is CC1CCCN(C(=O)c2cn(C)nc2S(=O)(=O)N2CCN(c3cccc(Cl)c3)CC2)C1. The van der Waals surface area contributed by atoms with Crippen molar-refractivity contribution in [2.24, 2.45) is 13.0 Å². The summed E-state index contributed by atoms with van der Waals surface area (Å²) < 4.78 is 29.7. The second-order valence-corrected chi connectivity index (χ2v) is 10.7. The Morgan fingerprint density at radius 2 is 1.90 bits per heavy atom. The first-order valence-corrected chi connectivity index (χ1v) is 12.4. The van der Waals surface area contributed by atoms with Crippen molar-refractivity contribution in [3.05, 3.63) is 41.0 Å². The molecule has 10 heteroatoms. The van der Waals surface area contributed by atoms with Gasteiger partial charge in [0.15, 0.2) is 0 Å². The zero-order chi connectivity index (χ0) is 22.2. The fourth-order valence-corrected chi connectivity index (χ4v) is 6.05. The number of anilines is 1. The summed E-state index contributed by atoms with van der Waals surface area (Å²) in [6.07, 6.45) is 3.54. The van der Waals surface area contributed by atoms with Crippen LogP contribution in [-0.2, 0) is 17.1 Å². The van der Waals surface area contributed by atoms with E-state index in [4.69, 9.17) is 11.6 Å². The smallest absolute Gasteiger partial charge is 0.263 e. The number of piperidine rings is 1. The predicted molar refractivity (Wildman–Crippen MR) is 120 cm³/mol. The van der Waals surface area contributed by atoms with E-state index < -0.39 is 10.0 Å². The molecule has 1 aromatic heterocycles. The van der Waals surface area contributed by atoms with E-state index in [1.54, 1.807) is 11.9 Å². The number of aryl methyl sites for hydroxylation is 1. The molecule has 2 aliphatic rings. The molecule has 0 aliphatic carbocycles. The lowest BCUT2D eigenvalue weighted by Crippen LogP contribution is -2.49. The van der Waals surface area contributed by atoms with Gasteiger partial charge >= 0.3 is 0 Å². The minimum Gasteiger partial charge on any atom is -0.369 e. The summed E-state index contributed by atoms with van der Waals surface area (Å²) in [5.74, 6) is 0.157. The maximum absolute atomic E-state index is 13.4. The lowest BCUT2D eigenvalue weighted by atomic mass is 10.00. The summed E-state index contributed by atoms with van der Waals surface area (Å²) in [6, 6.07) is 7.54. The Labute approximate surface area is 188 Å². The molecular formula is C21H28ClN5O3S. The predicted octanol–water partition coefficient (Wildman–Crippen LogP) is 2.46. The molecule has 0 saturated carbocycles. The van der Waals surface area contributed by atoms with Gasteiger partial charge in [0.1, 0.15) is 0 Å². The fraction of sp³-hybridized carbons (Fsp3) is 0.524. The number of hydrogen-bond donors (Lipinski definition) is 0. The number of hydrogen-bond acceptors (Lipinski definition) is 5. The van der Waals surface area contributed by atoms with Gasteiger partial charge in [0.25, 0.3) is 15.9 Å². The first-order valence-electron chi connectivity index (χ1n) is 10.6. The topological polar surface area (TPSA) is 78.8 Å². The van der Waals surface area contributed by atoms with Gasteiger partial charge in [-0.2, -0.15) is 9.40 Å². The van der Waals surface area contributed by atoms with Crippen molar-refractivity contribution in [2.75, 3.05) is 44.2 Å². The van der Waals surface area contributed by atoms with Crippen molar-refractivity contribution in [2.45, 2.75) is 24.8 Å². The second-order valence-electron chi connectivity index (χ2n) is 8.39. The Bertz CT molecular complexity index is 1060. The van der Waals surface area contributed by atoms with Crippen LogP contribution in [0.2, 0.25) is 5.02 Å². The average molecular weight is 466 g/mol. The van der Waals surface area contributed by atoms with E-state index in [1.165, 1.54) is 15.2 Å². The lowest BCUT2D eigenvalue weighted by Gasteiger charge is -2.35. The van der Waals surface area contributed by atoms with Crippen LogP contribution in [0.4, 0.5) is 5.69 Å². The molecule has 3 heterocycles. The third kappa shape index (κ3) is 4.58. The minimum atomic E-state index is -3.88. The van der Waals surface area contributed by atoms with Crippen LogP contribution in [0.15, 0.2) is 35.5 Å². The third-order valence-corrected chi connectivity index (χ3v) is 8.04. The Balaban J connectivity index is 1.52. The fourth-order valence-electron chi connectivity index (χ4n) is 4.33. The monoisotopic (exact) mass is 465 g/mol. The van der Waals surface area contributed by atoms with Crippen LogP contribution in [0.5, 0.6) is 0 Å². The highest BCUT2D eigenvalue weighted by atomic mass is 35.5. The van der Waals surface area contributed by atoms with Crippen LogP contribution in [0.3, 0.4) is 0 Å². The Morgan fingerprint density at radius 1 is 1.16 bits per heavy atom. The number of rotatable bonds is 4. The summed E-state index contributed by atoms with van der Waals surface area (Å²) in [7, 11) is -2.24. The molecule has 8 nitrogen and oxygen atoms in total. The highest BCUT2D eigenvalue weighted by molar-refractivity contribution is 7.89. The molecule has 1 amide bonds. The number of halogens is 1. The summed E-state index contributed by atoms with van der Waals surface area (Å²) in [6.45, 7) is 5.12. The number of likely N-dealkylation sites (tertiary alicyclic amines) is 1. The molecule has 1 atom stereocenters. The zero-order valence-corrected chi connectivity index (χ0v) is 19.4. The summed E-state index contributed by atoms with van der Waals surface area (Å²) in [4.78, 5) is 17.0.